The van der Waals surface area contributed by atoms with E-state index in [1.54, 1.807) is 14.2 Å². The lowest BCUT2D eigenvalue weighted by atomic mass is 9.78. The first kappa shape index (κ1) is 23.3. The molecule has 1 aromatic rings. The molecule has 0 saturated carbocycles. The van der Waals surface area contributed by atoms with Crippen LogP contribution in [0.15, 0.2) is 23.2 Å². The maximum absolute atomic E-state index is 6.10. The smallest absolute Gasteiger partial charge is 0.191 e. The minimum absolute atomic E-state index is 0.134. The van der Waals surface area contributed by atoms with Crippen LogP contribution < -0.4 is 20.1 Å². The predicted octanol–water partition coefficient (Wildman–Crippen LogP) is 3.64. The van der Waals surface area contributed by atoms with Crippen molar-refractivity contribution >= 4 is 5.96 Å². The Balaban J connectivity index is 1.97. The van der Waals surface area contributed by atoms with Gasteiger partial charge in [-0.25, -0.2) is 0 Å². The summed E-state index contributed by atoms with van der Waals surface area (Å²) in [7, 11) is 3.38. The van der Waals surface area contributed by atoms with Gasteiger partial charge >= 0.3 is 0 Å². The number of methoxy groups -OCH3 is 2. The predicted molar refractivity (Wildman–Crippen MR) is 119 cm³/mol. The van der Waals surface area contributed by atoms with Gasteiger partial charge in [0, 0.05) is 32.2 Å². The van der Waals surface area contributed by atoms with E-state index < -0.39 is 0 Å². The van der Waals surface area contributed by atoms with Gasteiger partial charge in [-0.3, -0.25) is 4.99 Å². The van der Waals surface area contributed by atoms with Gasteiger partial charge in [0.25, 0.3) is 0 Å². The van der Waals surface area contributed by atoms with E-state index in [-0.39, 0.29) is 11.5 Å². The minimum atomic E-state index is 0.134. The molecule has 0 amide bonds. The van der Waals surface area contributed by atoms with Crippen molar-refractivity contribution in [3.8, 4) is 11.5 Å². The molecule has 2 rings (SSSR count). The molecule has 1 fully saturated rings. The molecule has 1 aromatic carbocycles. The number of ether oxygens (including phenoxy) is 3. The zero-order valence-corrected chi connectivity index (χ0v) is 19.0. The van der Waals surface area contributed by atoms with Crippen LogP contribution in [0, 0.1) is 11.3 Å². The van der Waals surface area contributed by atoms with Crippen molar-refractivity contribution in [2.75, 3.05) is 40.5 Å². The van der Waals surface area contributed by atoms with Crippen LogP contribution >= 0.6 is 0 Å². The molecule has 0 aliphatic carbocycles. The largest absolute Gasteiger partial charge is 0.497 e. The third kappa shape index (κ3) is 7.11. The Kier molecular flexibility index (Phi) is 9.08. The summed E-state index contributed by atoms with van der Waals surface area (Å²) in [6, 6.07) is 5.89. The lowest BCUT2D eigenvalue weighted by Gasteiger charge is -2.39. The molecule has 2 unspecified atom stereocenters. The maximum Gasteiger partial charge on any atom is 0.191 e. The molecule has 0 aromatic heterocycles. The van der Waals surface area contributed by atoms with E-state index in [1.165, 1.54) is 6.42 Å². The molecule has 1 heterocycles. The van der Waals surface area contributed by atoms with E-state index in [1.807, 2.05) is 18.2 Å². The summed E-state index contributed by atoms with van der Waals surface area (Å²) >= 11 is 0. The van der Waals surface area contributed by atoms with Crippen molar-refractivity contribution in [3.05, 3.63) is 23.8 Å². The highest BCUT2D eigenvalue weighted by atomic mass is 16.5. The van der Waals surface area contributed by atoms with Crippen molar-refractivity contribution < 1.29 is 14.2 Å². The Bertz CT molecular complexity index is 655. The van der Waals surface area contributed by atoms with Crippen LogP contribution in [0.1, 0.15) is 46.1 Å². The van der Waals surface area contributed by atoms with Crippen molar-refractivity contribution in [3.63, 3.8) is 0 Å². The molecular weight excluding hydrogens is 366 g/mol. The van der Waals surface area contributed by atoms with Gasteiger partial charge in [-0.05, 0) is 55.4 Å². The molecule has 0 radical (unpaired) electrons. The van der Waals surface area contributed by atoms with Crippen LogP contribution in [-0.4, -0.2) is 52.5 Å². The monoisotopic (exact) mass is 405 g/mol. The molecule has 0 spiro atoms. The molecule has 1 aliphatic heterocycles. The highest BCUT2D eigenvalue weighted by Gasteiger charge is 2.35. The Hall–Kier alpha value is -1.95. The highest BCUT2D eigenvalue weighted by Crippen LogP contribution is 2.34. The Labute approximate surface area is 176 Å². The second-order valence-corrected chi connectivity index (χ2v) is 8.63. The van der Waals surface area contributed by atoms with Crippen molar-refractivity contribution in [2.24, 2.45) is 16.3 Å². The van der Waals surface area contributed by atoms with E-state index in [0.717, 1.165) is 62.1 Å². The van der Waals surface area contributed by atoms with Crippen LogP contribution in [0.3, 0.4) is 0 Å². The first-order chi connectivity index (χ1) is 13.9. The van der Waals surface area contributed by atoms with Gasteiger partial charge in [0.05, 0.1) is 20.3 Å². The van der Waals surface area contributed by atoms with Crippen LogP contribution in [0.4, 0.5) is 0 Å². The number of nitrogens with zero attached hydrogens (tertiary/aromatic N) is 1. The van der Waals surface area contributed by atoms with Gasteiger partial charge < -0.3 is 24.8 Å². The van der Waals surface area contributed by atoms with Crippen LogP contribution in [0.2, 0.25) is 0 Å². The third-order valence-electron chi connectivity index (χ3n) is 5.30. The number of rotatable bonds is 8. The average Bonchev–Trinajstić information content (AvgIpc) is 2.71. The summed E-state index contributed by atoms with van der Waals surface area (Å²) in [4.78, 5) is 4.87. The van der Waals surface area contributed by atoms with E-state index in [0.29, 0.717) is 5.92 Å². The van der Waals surface area contributed by atoms with E-state index >= 15 is 0 Å². The molecule has 6 heteroatoms. The van der Waals surface area contributed by atoms with Gasteiger partial charge in [0.15, 0.2) is 5.96 Å². The van der Waals surface area contributed by atoms with Crippen molar-refractivity contribution in [2.45, 2.75) is 53.1 Å². The highest BCUT2D eigenvalue weighted by molar-refractivity contribution is 5.79. The van der Waals surface area contributed by atoms with Gasteiger partial charge in [-0.15, -0.1) is 0 Å². The fourth-order valence-electron chi connectivity index (χ4n) is 3.93. The van der Waals surface area contributed by atoms with Gasteiger partial charge in [-0.2, -0.15) is 0 Å². The molecule has 6 nitrogen and oxygen atoms in total. The summed E-state index contributed by atoms with van der Waals surface area (Å²) in [6.45, 7) is 12.1. The third-order valence-corrected chi connectivity index (χ3v) is 5.30. The van der Waals surface area contributed by atoms with Crippen LogP contribution in [0.5, 0.6) is 11.5 Å². The normalized spacial score (nSPS) is 20.3. The van der Waals surface area contributed by atoms with Gasteiger partial charge in [-0.1, -0.05) is 20.8 Å². The molecule has 164 valence electrons. The van der Waals surface area contributed by atoms with Crippen LogP contribution in [-0.2, 0) is 11.2 Å². The summed E-state index contributed by atoms with van der Waals surface area (Å²) < 4.78 is 16.9. The van der Waals surface area contributed by atoms with Crippen molar-refractivity contribution in [1.82, 2.24) is 10.6 Å². The van der Waals surface area contributed by atoms with E-state index in [9.17, 15) is 0 Å². The standard InChI is InChI=1S/C23H39N3O3/c1-7-24-22(26-16-18-9-8-14-29-21(18)23(2,3)4)25-13-12-17-15-19(27-5)10-11-20(17)28-6/h10-11,15,18,21H,7-9,12-14,16H2,1-6H3,(H2,24,25,26). The molecular formula is C23H39N3O3. The minimum Gasteiger partial charge on any atom is -0.497 e. The first-order valence-corrected chi connectivity index (χ1v) is 10.7. The average molecular weight is 406 g/mol. The summed E-state index contributed by atoms with van der Waals surface area (Å²) in [5.41, 5.74) is 1.25. The maximum atomic E-state index is 6.10. The fraction of sp³-hybridized carbons (Fsp3) is 0.696. The molecule has 1 aliphatic rings. The fourth-order valence-corrected chi connectivity index (χ4v) is 3.93. The zero-order chi connectivity index (χ0) is 21.3. The SMILES string of the molecule is CCNC(=NCC1CCCOC1C(C)(C)C)NCCc1cc(OC)ccc1OC. The Morgan fingerprint density at radius 3 is 2.66 bits per heavy atom. The summed E-state index contributed by atoms with van der Waals surface area (Å²) in [6.07, 6.45) is 3.36. The van der Waals surface area contributed by atoms with E-state index in [4.69, 9.17) is 19.2 Å². The number of hydrogen-bond acceptors (Lipinski definition) is 4. The quantitative estimate of drug-likeness (QED) is 0.511. The molecule has 29 heavy (non-hydrogen) atoms. The zero-order valence-electron chi connectivity index (χ0n) is 19.0. The lowest BCUT2D eigenvalue weighted by molar-refractivity contribution is -0.0823. The number of benzene rings is 1. The first-order valence-electron chi connectivity index (χ1n) is 10.7. The molecule has 1 saturated heterocycles. The summed E-state index contributed by atoms with van der Waals surface area (Å²) in [5.74, 6) is 3.03. The second-order valence-electron chi connectivity index (χ2n) is 8.63. The number of aliphatic imine (C=N–C) groups is 1. The van der Waals surface area contributed by atoms with Crippen molar-refractivity contribution in [1.29, 1.82) is 0 Å². The molecule has 0 bridgehead atoms. The second kappa shape index (κ2) is 11.3. The van der Waals surface area contributed by atoms with Gasteiger partial charge in [0.1, 0.15) is 11.5 Å². The summed E-state index contributed by atoms with van der Waals surface area (Å²) in [5, 5.41) is 6.81. The van der Waals surface area contributed by atoms with Gasteiger partial charge in [0.2, 0.25) is 0 Å². The molecule has 2 N–H and O–H groups in total. The Morgan fingerprint density at radius 1 is 1.21 bits per heavy atom. The number of nitrogens with one attached hydrogen (secondary N) is 2. The number of hydrogen-bond donors (Lipinski definition) is 2. The lowest BCUT2D eigenvalue weighted by Crippen LogP contribution is -2.43. The topological polar surface area (TPSA) is 64.1 Å². The Morgan fingerprint density at radius 2 is 2.00 bits per heavy atom. The van der Waals surface area contributed by atoms with E-state index in [2.05, 4.69) is 38.3 Å². The van der Waals surface area contributed by atoms with Crippen LogP contribution in [0.25, 0.3) is 0 Å². The number of guanidine groups is 1. The molecule has 2 atom stereocenters.